The molecule has 2 aromatic rings. The summed E-state index contributed by atoms with van der Waals surface area (Å²) in [5.41, 5.74) is 0.896. The fraction of sp³-hybridized carbons (Fsp3) is 0.400. The van der Waals surface area contributed by atoms with Gasteiger partial charge in [-0.2, -0.15) is 10.2 Å². The highest BCUT2D eigenvalue weighted by molar-refractivity contribution is 5.94. The third-order valence-electron chi connectivity index (χ3n) is 3.95. The van der Waals surface area contributed by atoms with Gasteiger partial charge in [0.05, 0.1) is 24.0 Å². The standard InChI is InChI=1S/C15H18N6O2/c1-10-13-18-12(15(23)19(2)3)9-20(13)6-7-21(10)14(22)11-4-5-16-17-8-11/h4-5,8-10H,6-7H2,1-3H3/t10-/m1/s1. The van der Waals surface area contributed by atoms with Gasteiger partial charge in [0.1, 0.15) is 11.5 Å². The second-order valence-corrected chi connectivity index (χ2v) is 5.68. The van der Waals surface area contributed by atoms with Crippen LogP contribution in [0.2, 0.25) is 0 Å². The third kappa shape index (κ3) is 2.67. The van der Waals surface area contributed by atoms with E-state index in [1.54, 1.807) is 31.3 Å². The van der Waals surface area contributed by atoms with Gasteiger partial charge in [-0.15, -0.1) is 0 Å². The van der Waals surface area contributed by atoms with Crippen molar-refractivity contribution in [3.8, 4) is 0 Å². The molecule has 0 fully saturated rings. The first-order valence-electron chi connectivity index (χ1n) is 7.35. The van der Waals surface area contributed by atoms with Gasteiger partial charge in [-0.3, -0.25) is 9.59 Å². The van der Waals surface area contributed by atoms with Gasteiger partial charge in [0, 0.05) is 33.4 Å². The SMILES string of the molecule is C[C@@H]1c2nc(C(=O)N(C)C)cn2CCN1C(=O)c1ccnnc1. The van der Waals surface area contributed by atoms with E-state index in [0.29, 0.717) is 24.3 Å². The van der Waals surface area contributed by atoms with Gasteiger partial charge < -0.3 is 14.4 Å². The lowest BCUT2D eigenvalue weighted by Crippen LogP contribution is -2.41. The first-order chi connectivity index (χ1) is 11.0. The van der Waals surface area contributed by atoms with Crippen LogP contribution in [-0.2, 0) is 6.54 Å². The first-order valence-corrected chi connectivity index (χ1v) is 7.35. The summed E-state index contributed by atoms with van der Waals surface area (Å²) in [6.07, 6.45) is 4.71. The molecule has 8 nitrogen and oxygen atoms in total. The number of hydrogen-bond acceptors (Lipinski definition) is 5. The van der Waals surface area contributed by atoms with Gasteiger partial charge in [-0.1, -0.05) is 0 Å². The van der Waals surface area contributed by atoms with Crippen LogP contribution >= 0.6 is 0 Å². The van der Waals surface area contributed by atoms with Crippen molar-refractivity contribution in [2.75, 3.05) is 20.6 Å². The number of amides is 2. The minimum atomic E-state index is -0.215. The van der Waals surface area contributed by atoms with Crippen molar-refractivity contribution in [3.05, 3.63) is 41.7 Å². The minimum absolute atomic E-state index is 0.109. The quantitative estimate of drug-likeness (QED) is 0.810. The number of carbonyl (C=O) groups is 2. The average molecular weight is 314 g/mol. The molecule has 0 saturated heterocycles. The van der Waals surface area contributed by atoms with Crippen LogP contribution < -0.4 is 0 Å². The predicted molar refractivity (Wildman–Crippen MR) is 81.7 cm³/mol. The van der Waals surface area contributed by atoms with Crippen LogP contribution in [0.5, 0.6) is 0 Å². The van der Waals surface area contributed by atoms with Crippen LogP contribution in [0.25, 0.3) is 0 Å². The molecular formula is C15H18N6O2. The van der Waals surface area contributed by atoms with Gasteiger partial charge in [-0.05, 0) is 13.0 Å². The Morgan fingerprint density at radius 2 is 2.04 bits per heavy atom. The summed E-state index contributed by atoms with van der Waals surface area (Å²) in [7, 11) is 3.38. The Labute approximate surface area is 133 Å². The Hall–Kier alpha value is -2.77. The maximum atomic E-state index is 12.6. The number of hydrogen-bond donors (Lipinski definition) is 0. The third-order valence-corrected chi connectivity index (χ3v) is 3.95. The van der Waals surface area contributed by atoms with Crippen molar-refractivity contribution in [1.82, 2.24) is 29.5 Å². The van der Waals surface area contributed by atoms with Crippen molar-refractivity contribution < 1.29 is 9.59 Å². The van der Waals surface area contributed by atoms with E-state index in [1.807, 2.05) is 11.5 Å². The maximum absolute atomic E-state index is 12.6. The zero-order chi connectivity index (χ0) is 16.6. The van der Waals surface area contributed by atoms with Crippen LogP contribution in [-0.4, -0.2) is 62.0 Å². The zero-order valence-corrected chi connectivity index (χ0v) is 13.3. The van der Waals surface area contributed by atoms with Crippen LogP contribution in [0.4, 0.5) is 0 Å². The van der Waals surface area contributed by atoms with Crippen LogP contribution in [0.1, 0.15) is 39.6 Å². The van der Waals surface area contributed by atoms with Gasteiger partial charge >= 0.3 is 0 Å². The van der Waals surface area contributed by atoms with E-state index in [0.717, 1.165) is 5.82 Å². The maximum Gasteiger partial charge on any atom is 0.273 e. The summed E-state index contributed by atoms with van der Waals surface area (Å²) in [5.74, 6) is 0.467. The second-order valence-electron chi connectivity index (χ2n) is 5.68. The number of fused-ring (bicyclic) bond motifs is 1. The summed E-state index contributed by atoms with van der Waals surface area (Å²) in [6.45, 7) is 3.08. The van der Waals surface area contributed by atoms with E-state index in [9.17, 15) is 9.59 Å². The van der Waals surface area contributed by atoms with Crippen molar-refractivity contribution in [3.63, 3.8) is 0 Å². The lowest BCUT2D eigenvalue weighted by atomic mass is 10.1. The summed E-state index contributed by atoms with van der Waals surface area (Å²) in [4.78, 5) is 32.3. The summed E-state index contributed by atoms with van der Waals surface area (Å²) in [6, 6.07) is 1.43. The van der Waals surface area contributed by atoms with Crippen molar-refractivity contribution >= 4 is 11.8 Å². The largest absolute Gasteiger partial charge is 0.343 e. The molecule has 120 valence electrons. The Kier molecular flexibility index (Phi) is 3.81. The van der Waals surface area contributed by atoms with Crippen LogP contribution in [0.3, 0.4) is 0 Å². The molecule has 0 saturated carbocycles. The van der Waals surface area contributed by atoms with Gasteiger partial charge in [-0.25, -0.2) is 4.98 Å². The van der Waals surface area contributed by atoms with Crippen LogP contribution in [0, 0.1) is 0 Å². The van der Waals surface area contributed by atoms with E-state index in [4.69, 9.17) is 0 Å². The summed E-state index contributed by atoms with van der Waals surface area (Å²) >= 11 is 0. The molecular weight excluding hydrogens is 296 g/mol. The van der Waals surface area contributed by atoms with Gasteiger partial charge in [0.15, 0.2) is 0 Å². The molecule has 0 aromatic carbocycles. The lowest BCUT2D eigenvalue weighted by molar-refractivity contribution is 0.0637. The predicted octanol–water partition coefficient (Wildman–Crippen LogP) is 0.592. The van der Waals surface area contributed by atoms with E-state index in [2.05, 4.69) is 15.2 Å². The molecule has 1 atom stereocenters. The van der Waals surface area contributed by atoms with Crippen molar-refractivity contribution in [2.24, 2.45) is 0 Å². The van der Waals surface area contributed by atoms with E-state index >= 15 is 0 Å². The highest BCUT2D eigenvalue weighted by Crippen LogP contribution is 2.26. The van der Waals surface area contributed by atoms with Gasteiger partial charge in [0.2, 0.25) is 0 Å². The summed E-state index contributed by atoms with van der Waals surface area (Å²) in [5, 5.41) is 7.44. The molecule has 1 aliphatic rings. The fourth-order valence-corrected chi connectivity index (χ4v) is 2.68. The molecule has 2 aromatic heterocycles. The van der Waals surface area contributed by atoms with E-state index in [1.165, 1.54) is 17.3 Å². The van der Waals surface area contributed by atoms with E-state index in [-0.39, 0.29) is 17.9 Å². The Bertz CT molecular complexity index is 740. The molecule has 0 unspecified atom stereocenters. The molecule has 2 amide bonds. The number of carbonyl (C=O) groups excluding carboxylic acids is 2. The molecule has 0 radical (unpaired) electrons. The van der Waals surface area contributed by atoms with Crippen LogP contribution in [0.15, 0.2) is 24.7 Å². The first kappa shape index (κ1) is 15.1. The molecule has 1 aliphatic heterocycles. The highest BCUT2D eigenvalue weighted by Gasteiger charge is 2.31. The molecule has 23 heavy (non-hydrogen) atoms. The molecule has 0 aliphatic carbocycles. The fourth-order valence-electron chi connectivity index (χ4n) is 2.68. The Morgan fingerprint density at radius 1 is 1.26 bits per heavy atom. The topological polar surface area (TPSA) is 84.2 Å². The number of aromatic nitrogens is 4. The lowest BCUT2D eigenvalue weighted by Gasteiger charge is -2.33. The highest BCUT2D eigenvalue weighted by atomic mass is 16.2. The van der Waals surface area contributed by atoms with Crippen molar-refractivity contribution in [1.29, 1.82) is 0 Å². The number of rotatable bonds is 2. The molecule has 3 heterocycles. The molecule has 8 heteroatoms. The molecule has 3 rings (SSSR count). The zero-order valence-electron chi connectivity index (χ0n) is 13.3. The van der Waals surface area contributed by atoms with Gasteiger partial charge in [0.25, 0.3) is 11.8 Å². The molecule has 0 spiro atoms. The number of imidazole rings is 1. The van der Waals surface area contributed by atoms with E-state index < -0.39 is 0 Å². The average Bonchev–Trinajstić information content (AvgIpc) is 2.99. The normalized spacial score (nSPS) is 16.8. The molecule has 0 bridgehead atoms. The Balaban J connectivity index is 1.87. The number of nitrogens with zero attached hydrogens (tertiary/aromatic N) is 6. The summed E-state index contributed by atoms with van der Waals surface area (Å²) < 4.78 is 1.94. The molecule has 0 N–H and O–H groups in total. The minimum Gasteiger partial charge on any atom is -0.343 e. The second kappa shape index (κ2) is 5.79. The Morgan fingerprint density at radius 3 is 2.70 bits per heavy atom. The monoisotopic (exact) mass is 314 g/mol. The smallest absolute Gasteiger partial charge is 0.273 e. The van der Waals surface area contributed by atoms with Crippen molar-refractivity contribution in [2.45, 2.75) is 19.5 Å².